The van der Waals surface area contributed by atoms with Gasteiger partial charge in [0, 0.05) is 10.7 Å². The Morgan fingerprint density at radius 3 is 2.62 bits per heavy atom. The second kappa shape index (κ2) is 6.03. The van der Waals surface area contributed by atoms with Crippen LogP contribution < -0.4 is 5.32 Å². The Morgan fingerprint density at radius 2 is 2.00 bits per heavy atom. The molecule has 0 atom stereocenters. The zero-order chi connectivity index (χ0) is 15.6. The number of halogens is 5. The van der Waals surface area contributed by atoms with Gasteiger partial charge < -0.3 is 5.32 Å². The average molecular weight is 380 g/mol. The van der Waals surface area contributed by atoms with E-state index in [4.69, 9.17) is 11.6 Å². The van der Waals surface area contributed by atoms with E-state index in [0.29, 0.717) is 0 Å². The summed E-state index contributed by atoms with van der Waals surface area (Å²) < 4.78 is 39.1. The number of carbonyl (C=O) groups excluding carboxylic acids is 1. The lowest BCUT2D eigenvalue weighted by Crippen LogP contribution is -2.19. The normalized spacial score (nSPS) is 11.3. The summed E-state index contributed by atoms with van der Waals surface area (Å²) in [6.07, 6.45) is -3.28. The monoisotopic (exact) mass is 378 g/mol. The molecule has 0 fully saturated rings. The van der Waals surface area contributed by atoms with E-state index in [0.717, 1.165) is 12.1 Å². The number of amides is 1. The van der Waals surface area contributed by atoms with Crippen LogP contribution in [0.5, 0.6) is 0 Å². The molecule has 0 saturated carbocycles. The van der Waals surface area contributed by atoms with Crippen molar-refractivity contribution in [3.63, 3.8) is 0 Å². The Balaban J connectivity index is 2.38. The number of anilines is 1. The molecule has 0 aliphatic carbocycles. The number of pyridine rings is 1. The number of nitrogens with zero attached hydrogens (tertiary/aromatic N) is 1. The zero-order valence-corrected chi connectivity index (χ0v) is 12.6. The molecule has 1 amide bonds. The van der Waals surface area contributed by atoms with Gasteiger partial charge in [-0.3, -0.25) is 4.79 Å². The third-order valence-corrected chi connectivity index (χ3v) is 3.32. The average Bonchev–Trinajstić information content (AvgIpc) is 2.40. The molecule has 3 nitrogen and oxygen atoms in total. The van der Waals surface area contributed by atoms with Crippen molar-refractivity contribution in [3.8, 4) is 0 Å². The van der Waals surface area contributed by atoms with Crippen molar-refractivity contribution in [2.75, 3.05) is 5.32 Å². The van der Waals surface area contributed by atoms with Gasteiger partial charge in [-0.2, -0.15) is 13.2 Å². The third-order valence-electron chi connectivity index (χ3n) is 2.52. The number of rotatable bonds is 2. The summed E-state index contributed by atoms with van der Waals surface area (Å²) in [7, 11) is 0. The lowest BCUT2D eigenvalue weighted by molar-refractivity contribution is -0.137. The van der Waals surface area contributed by atoms with E-state index >= 15 is 0 Å². The molecular formula is C13H7BrClF3N2O. The molecule has 0 aliphatic heterocycles. The van der Waals surface area contributed by atoms with Crippen LogP contribution in [0.3, 0.4) is 0 Å². The highest BCUT2D eigenvalue weighted by Crippen LogP contribution is 2.34. The Labute approximate surface area is 131 Å². The molecule has 8 heteroatoms. The lowest BCUT2D eigenvalue weighted by Gasteiger charge is -2.13. The number of carbonyl (C=O) groups is 1. The van der Waals surface area contributed by atoms with E-state index in [1.807, 2.05) is 0 Å². The van der Waals surface area contributed by atoms with Crippen LogP contribution in [0, 0.1) is 0 Å². The van der Waals surface area contributed by atoms with Gasteiger partial charge in [0.15, 0.2) is 5.82 Å². The van der Waals surface area contributed by atoms with Gasteiger partial charge in [0.1, 0.15) is 0 Å². The molecule has 0 aliphatic rings. The van der Waals surface area contributed by atoms with E-state index < -0.39 is 23.2 Å². The summed E-state index contributed by atoms with van der Waals surface area (Å²) in [6.45, 7) is 0. The quantitative estimate of drug-likeness (QED) is 0.817. The first-order chi connectivity index (χ1) is 9.79. The maximum atomic E-state index is 13.0. The molecule has 0 bridgehead atoms. The van der Waals surface area contributed by atoms with Gasteiger partial charge in [-0.15, -0.1) is 0 Å². The van der Waals surface area contributed by atoms with Crippen molar-refractivity contribution in [1.82, 2.24) is 4.98 Å². The summed E-state index contributed by atoms with van der Waals surface area (Å²) in [5.74, 6) is -0.935. The van der Waals surface area contributed by atoms with Gasteiger partial charge >= 0.3 is 6.18 Å². The minimum atomic E-state index is -4.65. The molecule has 0 saturated heterocycles. The van der Waals surface area contributed by atoms with E-state index in [-0.39, 0.29) is 15.3 Å². The van der Waals surface area contributed by atoms with E-state index in [1.165, 1.54) is 18.3 Å². The SMILES string of the molecule is O=C(Nc1ncccc1Cl)c1ccc(Br)cc1C(F)(F)F. The van der Waals surface area contributed by atoms with Gasteiger partial charge in [-0.05, 0) is 30.3 Å². The number of alkyl halides is 3. The van der Waals surface area contributed by atoms with Crippen molar-refractivity contribution in [1.29, 1.82) is 0 Å². The Morgan fingerprint density at radius 1 is 1.29 bits per heavy atom. The molecule has 1 heterocycles. The van der Waals surface area contributed by atoms with Crippen LogP contribution in [0.2, 0.25) is 5.02 Å². The summed E-state index contributed by atoms with van der Waals surface area (Å²) in [5, 5.41) is 2.40. The highest BCUT2D eigenvalue weighted by atomic mass is 79.9. The Kier molecular flexibility index (Phi) is 4.53. The Hall–Kier alpha value is -1.60. The fourth-order valence-corrected chi connectivity index (χ4v) is 2.13. The van der Waals surface area contributed by atoms with Crippen molar-refractivity contribution in [3.05, 3.63) is 57.2 Å². The zero-order valence-electron chi connectivity index (χ0n) is 10.2. The first-order valence-corrected chi connectivity index (χ1v) is 6.75. The van der Waals surface area contributed by atoms with E-state index in [2.05, 4.69) is 26.2 Å². The smallest absolute Gasteiger partial charge is 0.305 e. The largest absolute Gasteiger partial charge is 0.417 e. The lowest BCUT2D eigenvalue weighted by atomic mass is 10.1. The predicted molar refractivity (Wildman–Crippen MR) is 76.3 cm³/mol. The maximum Gasteiger partial charge on any atom is 0.417 e. The Bertz CT molecular complexity index is 691. The molecule has 1 N–H and O–H groups in total. The van der Waals surface area contributed by atoms with Crippen molar-refractivity contribution in [2.45, 2.75) is 6.18 Å². The molecular weight excluding hydrogens is 373 g/mol. The van der Waals surface area contributed by atoms with Crippen LogP contribution in [0.15, 0.2) is 41.0 Å². The first-order valence-electron chi connectivity index (χ1n) is 5.57. The number of hydrogen-bond acceptors (Lipinski definition) is 2. The van der Waals surface area contributed by atoms with Gasteiger partial charge in [0.2, 0.25) is 0 Å². The fourth-order valence-electron chi connectivity index (χ4n) is 1.60. The molecule has 1 aromatic carbocycles. The number of nitrogens with one attached hydrogen (secondary N) is 1. The molecule has 2 rings (SSSR count). The second-order valence-corrected chi connectivity index (χ2v) is 5.30. The van der Waals surface area contributed by atoms with Gasteiger partial charge in [0.25, 0.3) is 5.91 Å². The first kappa shape index (κ1) is 15.8. The van der Waals surface area contributed by atoms with Gasteiger partial charge in [-0.1, -0.05) is 27.5 Å². The minimum Gasteiger partial charge on any atom is -0.305 e. The van der Waals surface area contributed by atoms with E-state index in [9.17, 15) is 18.0 Å². The fraction of sp³-hybridized carbons (Fsp3) is 0.0769. The highest BCUT2D eigenvalue weighted by Gasteiger charge is 2.35. The third kappa shape index (κ3) is 3.74. The van der Waals surface area contributed by atoms with Crippen molar-refractivity contribution < 1.29 is 18.0 Å². The topological polar surface area (TPSA) is 42.0 Å². The summed E-state index contributed by atoms with van der Waals surface area (Å²) in [5.41, 5.74) is -1.55. The van der Waals surface area contributed by atoms with Crippen molar-refractivity contribution in [2.24, 2.45) is 0 Å². The molecule has 1 aromatic heterocycles. The van der Waals surface area contributed by atoms with Crippen LogP contribution in [-0.2, 0) is 6.18 Å². The molecule has 21 heavy (non-hydrogen) atoms. The molecule has 0 unspecified atom stereocenters. The van der Waals surface area contributed by atoms with Crippen LogP contribution in [0.4, 0.5) is 19.0 Å². The number of hydrogen-bond donors (Lipinski definition) is 1. The molecule has 0 spiro atoms. The van der Waals surface area contributed by atoms with Crippen molar-refractivity contribution >= 4 is 39.3 Å². The van der Waals surface area contributed by atoms with Gasteiger partial charge in [-0.25, -0.2) is 4.98 Å². The highest BCUT2D eigenvalue weighted by molar-refractivity contribution is 9.10. The number of benzene rings is 1. The standard InChI is InChI=1S/C13H7BrClF3N2O/c14-7-3-4-8(9(6-7)13(16,17)18)12(21)20-11-10(15)2-1-5-19-11/h1-6H,(H,19,20,21). The number of aromatic nitrogens is 1. The summed E-state index contributed by atoms with van der Waals surface area (Å²) in [4.78, 5) is 15.8. The van der Waals surface area contributed by atoms with Crippen LogP contribution in [0.25, 0.3) is 0 Å². The van der Waals surface area contributed by atoms with Crippen LogP contribution >= 0.6 is 27.5 Å². The van der Waals surface area contributed by atoms with Crippen LogP contribution in [0.1, 0.15) is 15.9 Å². The van der Waals surface area contributed by atoms with E-state index in [1.54, 1.807) is 6.07 Å². The summed E-state index contributed by atoms with van der Waals surface area (Å²) in [6, 6.07) is 6.29. The second-order valence-electron chi connectivity index (χ2n) is 3.98. The van der Waals surface area contributed by atoms with Gasteiger partial charge in [0.05, 0.1) is 16.1 Å². The maximum absolute atomic E-state index is 13.0. The molecule has 0 radical (unpaired) electrons. The van der Waals surface area contributed by atoms with Crippen LogP contribution in [-0.4, -0.2) is 10.9 Å². The summed E-state index contributed by atoms with van der Waals surface area (Å²) >= 11 is 8.75. The molecule has 2 aromatic rings. The predicted octanol–water partition coefficient (Wildman–Crippen LogP) is 4.77. The minimum absolute atomic E-state index is 0.000194. The molecule has 110 valence electrons.